The van der Waals surface area contributed by atoms with Crippen molar-refractivity contribution in [3.8, 4) is 0 Å². The van der Waals surface area contributed by atoms with Crippen molar-refractivity contribution in [2.24, 2.45) is 16.3 Å². The van der Waals surface area contributed by atoms with Gasteiger partial charge in [0.05, 0.1) is 13.2 Å². The minimum atomic E-state index is 0.267. The van der Waals surface area contributed by atoms with E-state index in [4.69, 9.17) is 4.74 Å². The van der Waals surface area contributed by atoms with Crippen LogP contribution in [0.25, 0.3) is 0 Å². The number of hydrogen-bond acceptors (Lipinski definition) is 3. The first-order valence-corrected chi connectivity index (χ1v) is 7.72. The number of nitrogens with zero attached hydrogens (tertiary/aromatic N) is 2. The molecule has 2 aliphatic rings. The molecule has 2 unspecified atom stereocenters. The van der Waals surface area contributed by atoms with Gasteiger partial charge in [-0.25, -0.2) is 0 Å². The zero-order chi connectivity index (χ0) is 14.8. The monoisotopic (exact) mass is 282 g/mol. The Morgan fingerprint density at radius 3 is 2.55 bits per heavy atom. The van der Waals surface area contributed by atoms with Crippen LogP contribution in [0.15, 0.2) is 4.99 Å². The molecule has 0 aliphatic carbocycles. The molecule has 2 N–H and O–H groups in total. The van der Waals surface area contributed by atoms with Crippen LogP contribution in [0.5, 0.6) is 0 Å². The summed E-state index contributed by atoms with van der Waals surface area (Å²) in [5.74, 6) is 1.57. The van der Waals surface area contributed by atoms with Crippen molar-refractivity contribution < 1.29 is 4.74 Å². The summed E-state index contributed by atoms with van der Waals surface area (Å²) in [5, 5.41) is 7.02. The number of likely N-dealkylation sites (tertiary alicyclic amines) is 1. The summed E-state index contributed by atoms with van der Waals surface area (Å²) in [7, 11) is 1.84. The third-order valence-electron chi connectivity index (χ3n) is 4.50. The summed E-state index contributed by atoms with van der Waals surface area (Å²) in [6.07, 6.45) is 0. The Bertz CT molecular complexity index is 352. The first kappa shape index (κ1) is 15.6. The average Bonchev–Trinajstić information content (AvgIpc) is 2.74. The maximum Gasteiger partial charge on any atom is 0.191 e. The van der Waals surface area contributed by atoms with E-state index >= 15 is 0 Å². The highest BCUT2D eigenvalue weighted by Crippen LogP contribution is 2.25. The van der Waals surface area contributed by atoms with Crippen LogP contribution < -0.4 is 10.6 Å². The van der Waals surface area contributed by atoms with Gasteiger partial charge in [0.1, 0.15) is 0 Å². The second kappa shape index (κ2) is 6.31. The van der Waals surface area contributed by atoms with Gasteiger partial charge in [0.2, 0.25) is 0 Å². The normalized spacial score (nSPS) is 30.4. The Labute approximate surface area is 123 Å². The molecule has 5 nitrogen and oxygen atoms in total. The van der Waals surface area contributed by atoms with Gasteiger partial charge >= 0.3 is 0 Å². The van der Waals surface area contributed by atoms with Crippen LogP contribution in [-0.4, -0.2) is 62.8 Å². The molecular formula is C15H30N4O. The van der Waals surface area contributed by atoms with Gasteiger partial charge in [0, 0.05) is 44.2 Å². The van der Waals surface area contributed by atoms with Crippen LogP contribution in [0.1, 0.15) is 27.7 Å². The fourth-order valence-corrected chi connectivity index (χ4v) is 2.83. The molecular weight excluding hydrogens is 252 g/mol. The predicted octanol–water partition coefficient (Wildman–Crippen LogP) is 0.917. The summed E-state index contributed by atoms with van der Waals surface area (Å²) >= 11 is 0. The quantitative estimate of drug-likeness (QED) is 0.594. The molecule has 2 aliphatic heterocycles. The van der Waals surface area contributed by atoms with E-state index in [1.807, 2.05) is 7.05 Å². The third kappa shape index (κ3) is 3.64. The van der Waals surface area contributed by atoms with Gasteiger partial charge in [0.25, 0.3) is 0 Å². The number of hydrogen-bond donors (Lipinski definition) is 2. The molecule has 0 radical (unpaired) electrons. The zero-order valence-corrected chi connectivity index (χ0v) is 13.6. The molecule has 5 heteroatoms. The van der Waals surface area contributed by atoms with Gasteiger partial charge < -0.3 is 15.4 Å². The summed E-state index contributed by atoms with van der Waals surface area (Å²) in [6.45, 7) is 14.0. The third-order valence-corrected chi connectivity index (χ3v) is 4.50. The number of nitrogens with one attached hydrogen (secondary N) is 2. The van der Waals surface area contributed by atoms with Gasteiger partial charge in [-0.05, 0) is 19.8 Å². The van der Waals surface area contributed by atoms with Crippen molar-refractivity contribution in [1.29, 1.82) is 0 Å². The molecule has 0 aromatic carbocycles. The summed E-state index contributed by atoms with van der Waals surface area (Å²) in [6, 6.07) is 1.10. The molecule has 2 saturated heterocycles. The smallest absolute Gasteiger partial charge is 0.191 e. The highest BCUT2D eigenvalue weighted by molar-refractivity contribution is 5.80. The molecule has 0 aromatic heterocycles. The summed E-state index contributed by atoms with van der Waals surface area (Å²) in [5.41, 5.74) is 0.267. The van der Waals surface area contributed by atoms with Crippen molar-refractivity contribution in [1.82, 2.24) is 15.5 Å². The highest BCUT2D eigenvalue weighted by atomic mass is 16.5. The van der Waals surface area contributed by atoms with Gasteiger partial charge in [-0.1, -0.05) is 13.8 Å². The molecule has 0 amide bonds. The topological polar surface area (TPSA) is 48.9 Å². The molecule has 0 bridgehead atoms. The van der Waals surface area contributed by atoms with E-state index in [1.165, 1.54) is 0 Å². The van der Waals surface area contributed by atoms with E-state index in [1.54, 1.807) is 0 Å². The van der Waals surface area contributed by atoms with E-state index in [0.717, 1.165) is 38.8 Å². The number of ether oxygens (including phenoxy) is 1. The molecule has 2 atom stereocenters. The number of guanidine groups is 1. The van der Waals surface area contributed by atoms with Gasteiger partial charge in [-0.2, -0.15) is 0 Å². The fraction of sp³-hybridized carbons (Fsp3) is 0.933. The maximum absolute atomic E-state index is 5.29. The molecule has 0 saturated carbocycles. The second-order valence-corrected chi connectivity index (χ2v) is 7.00. The Morgan fingerprint density at radius 2 is 2.10 bits per heavy atom. The fourth-order valence-electron chi connectivity index (χ4n) is 2.83. The Morgan fingerprint density at radius 1 is 1.40 bits per heavy atom. The second-order valence-electron chi connectivity index (χ2n) is 7.00. The van der Waals surface area contributed by atoms with Crippen LogP contribution in [0.2, 0.25) is 0 Å². The van der Waals surface area contributed by atoms with Gasteiger partial charge in [0.15, 0.2) is 5.96 Å². The van der Waals surface area contributed by atoms with Crippen molar-refractivity contribution in [3.05, 3.63) is 0 Å². The number of aliphatic imine (C=N–C) groups is 1. The molecule has 2 fully saturated rings. The summed E-state index contributed by atoms with van der Waals surface area (Å²) in [4.78, 5) is 6.88. The Kier molecular flexibility index (Phi) is 4.91. The number of rotatable bonds is 4. The van der Waals surface area contributed by atoms with Crippen LogP contribution in [0, 0.1) is 11.3 Å². The van der Waals surface area contributed by atoms with Crippen molar-refractivity contribution in [2.75, 3.05) is 39.9 Å². The SMILES string of the molecule is CN=C(NCC1(C)COC1)NC1CN(C(C)C)CC1C. The van der Waals surface area contributed by atoms with E-state index in [-0.39, 0.29) is 5.41 Å². The molecule has 116 valence electrons. The lowest BCUT2D eigenvalue weighted by molar-refractivity contribution is -0.0971. The van der Waals surface area contributed by atoms with E-state index in [9.17, 15) is 0 Å². The van der Waals surface area contributed by atoms with Crippen molar-refractivity contribution >= 4 is 5.96 Å². The van der Waals surface area contributed by atoms with Crippen LogP contribution >= 0.6 is 0 Å². The Balaban J connectivity index is 1.81. The largest absolute Gasteiger partial charge is 0.380 e. The van der Waals surface area contributed by atoms with Crippen molar-refractivity contribution in [2.45, 2.75) is 39.8 Å². The molecule has 0 aromatic rings. The van der Waals surface area contributed by atoms with E-state index in [2.05, 4.69) is 48.2 Å². The van der Waals surface area contributed by atoms with Gasteiger partial charge in [-0.3, -0.25) is 9.89 Å². The lowest BCUT2D eigenvalue weighted by Gasteiger charge is -2.38. The van der Waals surface area contributed by atoms with E-state index < -0.39 is 0 Å². The minimum Gasteiger partial charge on any atom is -0.380 e. The first-order valence-electron chi connectivity index (χ1n) is 7.72. The molecule has 2 rings (SSSR count). The van der Waals surface area contributed by atoms with Crippen LogP contribution in [0.4, 0.5) is 0 Å². The molecule has 20 heavy (non-hydrogen) atoms. The lowest BCUT2D eigenvalue weighted by Crippen LogP contribution is -2.53. The van der Waals surface area contributed by atoms with Gasteiger partial charge in [-0.15, -0.1) is 0 Å². The zero-order valence-electron chi connectivity index (χ0n) is 13.6. The highest BCUT2D eigenvalue weighted by Gasteiger charge is 2.34. The van der Waals surface area contributed by atoms with Crippen molar-refractivity contribution in [3.63, 3.8) is 0 Å². The van der Waals surface area contributed by atoms with E-state index in [0.29, 0.717) is 18.0 Å². The maximum atomic E-state index is 5.29. The molecule has 2 heterocycles. The van der Waals surface area contributed by atoms with Crippen LogP contribution in [0.3, 0.4) is 0 Å². The average molecular weight is 282 g/mol. The summed E-state index contributed by atoms with van der Waals surface area (Å²) < 4.78 is 5.29. The minimum absolute atomic E-state index is 0.267. The Hall–Kier alpha value is -0.810. The van der Waals surface area contributed by atoms with Crippen LogP contribution in [-0.2, 0) is 4.74 Å². The standard InChI is InChI=1S/C15H30N4O/c1-11(2)19-6-12(3)13(7-19)18-14(16-5)17-8-15(4)9-20-10-15/h11-13H,6-10H2,1-5H3,(H2,16,17,18). The first-order chi connectivity index (χ1) is 9.43. The molecule has 0 spiro atoms. The lowest BCUT2D eigenvalue weighted by atomic mass is 9.89. The predicted molar refractivity (Wildman–Crippen MR) is 83.1 cm³/mol.